The van der Waals surface area contributed by atoms with Crippen molar-refractivity contribution in [3.63, 3.8) is 0 Å². The summed E-state index contributed by atoms with van der Waals surface area (Å²) >= 11 is 8.88. The van der Waals surface area contributed by atoms with Crippen molar-refractivity contribution in [2.45, 2.75) is 6.18 Å². The van der Waals surface area contributed by atoms with Gasteiger partial charge in [0.15, 0.2) is 5.82 Å². The van der Waals surface area contributed by atoms with Gasteiger partial charge in [0, 0.05) is 10.7 Å². The van der Waals surface area contributed by atoms with Gasteiger partial charge in [-0.15, -0.1) is 0 Å². The second-order valence-corrected chi connectivity index (χ2v) is 5.24. The SMILES string of the molecule is O=C(Nc1ncccc1Cl)c1cc(C(F)(F)F)ccc1Br. The molecule has 110 valence electrons. The zero-order valence-corrected chi connectivity index (χ0v) is 12.6. The van der Waals surface area contributed by atoms with Crippen LogP contribution in [0.1, 0.15) is 15.9 Å². The second-order valence-electron chi connectivity index (χ2n) is 3.98. The first-order chi connectivity index (χ1) is 9.79. The number of amides is 1. The topological polar surface area (TPSA) is 42.0 Å². The summed E-state index contributed by atoms with van der Waals surface area (Å²) in [4.78, 5) is 15.9. The van der Waals surface area contributed by atoms with E-state index in [2.05, 4.69) is 26.2 Å². The van der Waals surface area contributed by atoms with E-state index in [0.29, 0.717) is 0 Å². The molecule has 0 saturated heterocycles. The average molecular weight is 380 g/mol. The normalized spacial score (nSPS) is 11.3. The van der Waals surface area contributed by atoms with E-state index in [-0.39, 0.29) is 20.9 Å². The summed E-state index contributed by atoms with van der Waals surface area (Å²) in [6, 6.07) is 5.88. The number of benzene rings is 1. The molecule has 1 heterocycles. The lowest BCUT2D eigenvalue weighted by molar-refractivity contribution is -0.137. The van der Waals surface area contributed by atoms with Crippen LogP contribution in [0.15, 0.2) is 41.0 Å². The number of aromatic nitrogens is 1. The molecule has 1 N–H and O–H groups in total. The van der Waals surface area contributed by atoms with Gasteiger partial charge in [0.05, 0.1) is 16.1 Å². The summed E-state index contributed by atoms with van der Waals surface area (Å²) in [6.07, 6.45) is -3.12. The number of carbonyl (C=O) groups excluding carboxylic acids is 1. The maximum atomic E-state index is 12.7. The Morgan fingerprint density at radius 3 is 2.62 bits per heavy atom. The van der Waals surface area contributed by atoms with Crippen molar-refractivity contribution in [2.75, 3.05) is 5.32 Å². The van der Waals surface area contributed by atoms with Crippen molar-refractivity contribution >= 4 is 39.3 Å². The minimum Gasteiger partial charge on any atom is -0.305 e. The number of anilines is 1. The fraction of sp³-hybridized carbons (Fsp3) is 0.0769. The molecule has 0 aliphatic rings. The minimum absolute atomic E-state index is 0.0773. The Morgan fingerprint density at radius 2 is 2.00 bits per heavy atom. The van der Waals surface area contributed by atoms with Gasteiger partial charge in [-0.2, -0.15) is 13.2 Å². The third-order valence-corrected chi connectivity index (χ3v) is 3.53. The standard InChI is InChI=1S/C13H7BrClF3N2O/c14-9-4-3-7(13(16,17)18)6-8(9)12(21)20-11-10(15)2-1-5-19-11/h1-6H,(H,19,20,21). The Bertz CT molecular complexity index is 691. The smallest absolute Gasteiger partial charge is 0.305 e. The fourth-order valence-corrected chi connectivity index (χ4v) is 2.12. The lowest BCUT2D eigenvalue weighted by atomic mass is 10.1. The monoisotopic (exact) mass is 378 g/mol. The molecule has 0 saturated carbocycles. The summed E-state index contributed by atoms with van der Waals surface area (Å²) in [5.74, 6) is -0.665. The van der Waals surface area contributed by atoms with Gasteiger partial charge in [0.1, 0.15) is 0 Å². The number of rotatable bonds is 2. The molecule has 3 nitrogen and oxygen atoms in total. The molecule has 0 aliphatic carbocycles. The molecule has 1 amide bonds. The average Bonchev–Trinajstić information content (AvgIpc) is 2.40. The van der Waals surface area contributed by atoms with Crippen LogP contribution in [0.4, 0.5) is 19.0 Å². The quantitative estimate of drug-likeness (QED) is 0.817. The van der Waals surface area contributed by atoms with E-state index in [1.54, 1.807) is 6.07 Å². The predicted molar refractivity (Wildman–Crippen MR) is 76.3 cm³/mol. The summed E-state index contributed by atoms with van der Waals surface area (Å²) in [7, 11) is 0. The number of halogens is 5. The molecule has 0 aliphatic heterocycles. The van der Waals surface area contributed by atoms with Gasteiger partial charge in [-0.05, 0) is 46.3 Å². The zero-order valence-electron chi connectivity index (χ0n) is 10.2. The Balaban J connectivity index is 2.33. The highest BCUT2D eigenvalue weighted by Gasteiger charge is 2.31. The highest BCUT2D eigenvalue weighted by molar-refractivity contribution is 9.10. The van der Waals surface area contributed by atoms with Crippen LogP contribution in [0.5, 0.6) is 0 Å². The molecule has 0 bridgehead atoms. The van der Waals surface area contributed by atoms with E-state index in [1.165, 1.54) is 12.3 Å². The van der Waals surface area contributed by atoms with E-state index < -0.39 is 17.6 Å². The first-order valence-corrected chi connectivity index (χ1v) is 6.75. The van der Waals surface area contributed by atoms with Crippen LogP contribution in [0.25, 0.3) is 0 Å². The largest absolute Gasteiger partial charge is 0.416 e. The zero-order chi connectivity index (χ0) is 15.6. The van der Waals surface area contributed by atoms with Gasteiger partial charge in [0.25, 0.3) is 5.91 Å². The molecule has 0 unspecified atom stereocenters. The molecule has 1 aromatic carbocycles. The van der Waals surface area contributed by atoms with Crippen LogP contribution in [0, 0.1) is 0 Å². The van der Waals surface area contributed by atoms with Crippen LogP contribution in [0.3, 0.4) is 0 Å². The molecular weight excluding hydrogens is 373 g/mol. The van der Waals surface area contributed by atoms with E-state index in [9.17, 15) is 18.0 Å². The number of hydrogen-bond donors (Lipinski definition) is 1. The molecule has 1 aromatic heterocycles. The van der Waals surface area contributed by atoms with Crippen molar-refractivity contribution in [2.24, 2.45) is 0 Å². The van der Waals surface area contributed by atoms with Crippen molar-refractivity contribution in [3.05, 3.63) is 57.2 Å². The van der Waals surface area contributed by atoms with Crippen LogP contribution in [-0.2, 0) is 6.18 Å². The third kappa shape index (κ3) is 3.74. The number of nitrogens with zero attached hydrogens (tertiary/aromatic N) is 1. The number of hydrogen-bond acceptors (Lipinski definition) is 2. The van der Waals surface area contributed by atoms with Gasteiger partial charge in [-0.1, -0.05) is 11.6 Å². The number of nitrogens with one attached hydrogen (secondary N) is 1. The molecule has 0 fully saturated rings. The Hall–Kier alpha value is -1.60. The summed E-state index contributed by atoms with van der Waals surface area (Å²) in [5.41, 5.74) is -1.07. The number of pyridine rings is 1. The van der Waals surface area contributed by atoms with Crippen LogP contribution in [-0.4, -0.2) is 10.9 Å². The Morgan fingerprint density at radius 1 is 1.29 bits per heavy atom. The molecule has 0 spiro atoms. The van der Waals surface area contributed by atoms with Gasteiger partial charge < -0.3 is 5.32 Å². The van der Waals surface area contributed by atoms with Gasteiger partial charge >= 0.3 is 6.18 Å². The van der Waals surface area contributed by atoms with E-state index in [0.717, 1.165) is 18.2 Å². The lowest BCUT2D eigenvalue weighted by Gasteiger charge is -2.11. The van der Waals surface area contributed by atoms with Crippen molar-refractivity contribution < 1.29 is 18.0 Å². The van der Waals surface area contributed by atoms with Crippen molar-refractivity contribution in [1.82, 2.24) is 4.98 Å². The maximum absolute atomic E-state index is 12.7. The van der Waals surface area contributed by atoms with Crippen LogP contribution in [0.2, 0.25) is 5.02 Å². The molecule has 2 aromatic rings. The van der Waals surface area contributed by atoms with Crippen molar-refractivity contribution in [1.29, 1.82) is 0 Å². The molecule has 0 atom stereocenters. The van der Waals surface area contributed by atoms with Crippen LogP contribution < -0.4 is 5.32 Å². The lowest BCUT2D eigenvalue weighted by Crippen LogP contribution is -2.15. The van der Waals surface area contributed by atoms with E-state index in [4.69, 9.17) is 11.6 Å². The molecular formula is C13H7BrClF3N2O. The van der Waals surface area contributed by atoms with Crippen LogP contribution >= 0.6 is 27.5 Å². The second kappa shape index (κ2) is 6.03. The van der Waals surface area contributed by atoms with E-state index in [1.807, 2.05) is 0 Å². The fourth-order valence-electron chi connectivity index (χ4n) is 1.53. The highest BCUT2D eigenvalue weighted by atomic mass is 79.9. The molecule has 21 heavy (non-hydrogen) atoms. The minimum atomic E-state index is -4.53. The molecule has 0 radical (unpaired) electrons. The molecule has 8 heteroatoms. The van der Waals surface area contributed by atoms with Gasteiger partial charge in [0.2, 0.25) is 0 Å². The van der Waals surface area contributed by atoms with Gasteiger partial charge in [-0.3, -0.25) is 4.79 Å². The number of carbonyl (C=O) groups is 1. The summed E-state index contributed by atoms with van der Waals surface area (Å²) in [6.45, 7) is 0. The third-order valence-electron chi connectivity index (χ3n) is 2.53. The maximum Gasteiger partial charge on any atom is 0.416 e. The van der Waals surface area contributed by atoms with Crippen molar-refractivity contribution in [3.8, 4) is 0 Å². The highest BCUT2D eigenvalue weighted by Crippen LogP contribution is 2.32. The Kier molecular flexibility index (Phi) is 4.53. The summed E-state index contributed by atoms with van der Waals surface area (Å²) in [5, 5.41) is 2.56. The predicted octanol–water partition coefficient (Wildman–Crippen LogP) is 4.77. The van der Waals surface area contributed by atoms with E-state index >= 15 is 0 Å². The Labute approximate surface area is 131 Å². The molecule has 2 rings (SSSR count). The first kappa shape index (κ1) is 15.8. The van der Waals surface area contributed by atoms with Gasteiger partial charge in [-0.25, -0.2) is 4.98 Å². The summed E-state index contributed by atoms with van der Waals surface area (Å²) < 4.78 is 38.3. The number of alkyl halides is 3. The first-order valence-electron chi connectivity index (χ1n) is 5.57.